The Labute approximate surface area is 220 Å². The van der Waals surface area contributed by atoms with Gasteiger partial charge in [-0.2, -0.15) is 0 Å². The van der Waals surface area contributed by atoms with Crippen molar-refractivity contribution in [2.45, 2.75) is 6.54 Å². The Kier molecular flexibility index (Phi) is 8.68. The highest BCUT2D eigenvalue weighted by Crippen LogP contribution is 2.22. The van der Waals surface area contributed by atoms with Crippen LogP contribution in [0.5, 0.6) is 0 Å². The predicted molar refractivity (Wildman–Crippen MR) is 147 cm³/mol. The van der Waals surface area contributed by atoms with Gasteiger partial charge in [0.05, 0.1) is 31.2 Å². The van der Waals surface area contributed by atoms with E-state index in [1.807, 2.05) is 48.0 Å². The van der Waals surface area contributed by atoms with Gasteiger partial charge in [-0.05, 0) is 54.6 Å². The van der Waals surface area contributed by atoms with Crippen LogP contribution < -0.4 is 16.0 Å². The molecule has 0 aliphatic carbocycles. The van der Waals surface area contributed by atoms with Crippen LogP contribution in [0.1, 0.15) is 21.7 Å². The number of anilines is 2. The van der Waals surface area contributed by atoms with Crippen molar-refractivity contribution in [1.29, 1.82) is 5.41 Å². The summed E-state index contributed by atoms with van der Waals surface area (Å²) < 4.78 is 7.03. The minimum absolute atomic E-state index is 0. The molecule has 0 aliphatic heterocycles. The highest BCUT2D eigenvalue weighted by molar-refractivity contribution is 6.08. The molecule has 0 spiro atoms. The van der Waals surface area contributed by atoms with Gasteiger partial charge in [0.25, 0.3) is 5.91 Å². The van der Waals surface area contributed by atoms with Gasteiger partial charge in [-0.25, -0.2) is 9.78 Å². The topological polar surface area (TPSA) is 126 Å². The predicted octanol–water partition coefficient (Wildman–Crippen LogP) is 3.90. The second-order valence-corrected chi connectivity index (χ2v) is 8.09. The van der Waals surface area contributed by atoms with Gasteiger partial charge in [-0.3, -0.25) is 15.1 Å². The molecule has 3 aromatic carbocycles. The second kappa shape index (κ2) is 11.9. The number of carbonyl (C=O) groups is 1. The molecule has 4 aromatic rings. The van der Waals surface area contributed by atoms with E-state index in [1.54, 1.807) is 42.3 Å². The summed E-state index contributed by atoms with van der Waals surface area (Å²) in [6.45, 7) is 0.423. The molecule has 1 heterocycles. The number of hydrogen-bond acceptors (Lipinski definition) is 6. The van der Waals surface area contributed by atoms with Crippen LogP contribution in [0, 0.1) is 5.41 Å². The Balaban J connectivity index is 0.00000380. The molecular formula is C27H27ClN6O3. The van der Waals surface area contributed by atoms with Crippen LogP contribution in [-0.4, -0.2) is 40.9 Å². The summed E-state index contributed by atoms with van der Waals surface area (Å²) in [5, 5.41) is 10.8. The van der Waals surface area contributed by atoms with Crippen molar-refractivity contribution in [3.8, 4) is 0 Å². The summed E-state index contributed by atoms with van der Waals surface area (Å²) in [6.07, 6.45) is 0. The van der Waals surface area contributed by atoms with E-state index in [0.717, 1.165) is 17.0 Å². The number of ether oxygens (including phenoxy) is 1. The monoisotopic (exact) mass is 518 g/mol. The van der Waals surface area contributed by atoms with Crippen LogP contribution in [0.2, 0.25) is 0 Å². The number of nitrogens with one attached hydrogen (secondary N) is 2. The van der Waals surface area contributed by atoms with E-state index < -0.39 is 0 Å². The summed E-state index contributed by atoms with van der Waals surface area (Å²) in [4.78, 5) is 30.9. The van der Waals surface area contributed by atoms with E-state index in [0.29, 0.717) is 28.9 Å². The van der Waals surface area contributed by atoms with Gasteiger partial charge in [0.1, 0.15) is 11.7 Å². The standard InChI is InChI=1S/C27H26N6O3.ClH/c1-32-24-13-10-19(27(35)33(16-22(17-34)36-2)21-6-4-3-5-7-21)14-23(24)31-25(32)15-30-20-11-8-18(9-12-20)26(28)29;/h3-14,30H,15-16H2,1-2H3,(H3,28,29);1H. The van der Waals surface area contributed by atoms with Crippen molar-refractivity contribution in [2.75, 3.05) is 23.9 Å². The first-order chi connectivity index (χ1) is 17.4. The van der Waals surface area contributed by atoms with Gasteiger partial charge in [-0.1, -0.05) is 18.2 Å². The number of nitrogen functional groups attached to an aromatic ring is 1. The number of hydrogen-bond donors (Lipinski definition) is 3. The van der Waals surface area contributed by atoms with E-state index in [-0.39, 0.29) is 36.5 Å². The molecule has 1 amide bonds. The van der Waals surface area contributed by atoms with Gasteiger partial charge in [0, 0.05) is 29.5 Å². The lowest BCUT2D eigenvalue weighted by Gasteiger charge is -2.22. The van der Waals surface area contributed by atoms with Crippen molar-refractivity contribution in [2.24, 2.45) is 12.8 Å². The number of aromatic nitrogens is 2. The molecule has 0 fully saturated rings. The maximum absolute atomic E-state index is 13.5. The number of amides is 1. The Morgan fingerprint density at radius 3 is 2.41 bits per heavy atom. The Morgan fingerprint density at radius 1 is 1.11 bits per heavy atom. The van der Waals surface area contributed by atoms with Crippen molar-refractivity contribution in [1.82, 2.24) is 9.55 Å². The number of aryl methyl sites for hydroxylation is 1. The molecule has 0 atom stereocenters. The number of halogens is 1. The van der Waals surface area contributed by atoms with Gasteiger partial charge in [-0.15, -0.1) is 12.4 Å². The minimum Gasteiger partial charge on any atom is -0.488 e. The smallest absolute Gasteiger partial charge is 0.258 e. The molecule has 0 saturated heterocycles. The summed E-state index contributed by atoms with van der Waals surface area (Å²) in [6, 6.07) is 21.7. The molecule has 37 heavy (non-hydrogen) atoms. The van der Waals surface area contributed by atoms with Crippen LogP contribution in [0.25, 0.3) is 11.0 Å². The third-order valence-electron chi connectivity index (χ3n) is 5.84. The normalized spacial score (nSPS) is 10.2. The van der Waals surface area contributed by atoms with Crippen molar-refractivity contribution in [3.63, 3.8) is 0 Å². The van der Waals surface area contributed by atoms with Gasteiger partial charge >= 0.3 is 0 Å². The maximum Gasteiger partial charge on any atom is 0.258 e. The van der Waals surface area contributed by atoms with Gasteiger partial charge in [0.2, 0.25) is 0 Å². The summed E-state index contributed by atoms with van der Waals surface area (Å²) in [7, 11) is 3.30. The molecule has 0 saturated carbocycles. The minimum atomic E-state index is -0.288. The first-order valence-electron chi connectivity index (χ1n) is 11.2. The highest BCUT2D eigenvalue weighted by atomic mass is 35.5. The Morgan fingerprint density at radius 2 is 1.78 bits per heavy atom. The number of carbonyl (C=O) groups excluding carboxylic acids is 2. The van der Waals surface area contributed by atoms with Crippen LogP contribution in [-0.2, 0) is 23.1 Å². The molecular weight excluding hydrogens is 492 g/mol. The van der Waals surface area contributed by atoms with E-state index in [1.165, 1.54) is 12.0 Å². The zero-order valence-electron chi connectivity index (χ0n) is 20.4. The fourth-order valence-electron chi connectivity index (χ4n) is 3.82. The molecule has 10 heteroatoms. The van der Waals surface area contributed by atoms with E-state index >= 15 is 0 Å². The molecule has 0 bridgehead atoms. The SMILES string of the molecule is COC(=C=O)CN(C(=O)c1ccc2c(c1)nc(CNc1ccc(C(=N)N)cc1)n2C)c1ccccc1.Cl. The molecule has 190 valence electrons. The van der Waals surface area contributed by atoms with Gasteiger partial charge in [0.15, 0.2) is 11.7 Å². The Hall–Kier alpha value is -4.59. The van der Waals surface area contributed by atoms with Crippen LogP contribution in [0.4, 0.5) is 11.4 Å². The lowest BCUT2D eigenvalue weighted by Crippen LogP contribution is -2.33. The molecule has 0 radical (unpaired) electrons. The zero-order valence-corrected chi connectivity index (χ0v) is 21.2. The number of methoxy groups -OCH3 is 1. The number of amidine groups is 1. The molecule has 0 unspecified atom stereocenters. The quantitative estimate of drug-likeness (QED) is 0.133. The molecule has 0 aliphatic rings. The van der Waals surface area contributed by atoms with Crippen molar-refractivity contribution in [3.05, 3.63) is 95.5 Å². The van der Waals surface area contributed by atoms with Gasteiger partial charge < -0.3 is 20.4 Å². The number of para-hydroxylation sites is 1. The van der Waals surface area contributed by atoms with Crippen molar-refractivity contribution >= 4 is 52.5 Å². The number of benzene rings is 3. The summed E-state index contributed by atoms with van der Waals surface area (Å²) in [5.74, 6) is 2.29. The van der Waals surface area contributed by atoms with E-state index in [9.17, 15) is 9.59 Å². The van der Waals surface area contributed by atoms with Crippen LogP contribution >= 0.6 is 12.4 Å². The molecule has 1 aromatic heterocycles. The van der Waals surface area contributed by atoms with E-state index in [4.69, 9.17) is 20.9 Å². The van der Waals surface area contributed by atoms with Crippen LogP contribution in [0.3, 0.4) is 0 Å². The average molecular weight is 519 g/mol. The lowest BCUT2D eigenvalue weighted by molar-refractivity contribution is 0.0985. The molecule has 4 rings (SSSR count). The molecule has 4 N–H and O–H groups in total. The second-order valence-electron chi connectivity index (χ2n) is 8.09. The average Bonchev–Trinajstić information content (AvgIpc) is 3.23. The first-order valence-corrected chi connectivity index (χ1v) is 11.2. The maximum atomic E-state index is 13.5. The number of rotatable bonds is 9. The number of fused-ring (bicyclic) bond motifs is 1. The molecule has 9 nitrogen and oxygen atoms in total. The fraction of sp³-hybridized carbons (Fsp3) is 0.148. The number of imidazole rings is 1. The lowest BCUT2D eigenvalue weighted by atomic mass is 10.1. The third kappa shape index (κ3) is 5.98. The fourth-order valence-corrected chi connectivity index (χ4v) is 3.82. The summed E-state index contributed by atoms with van der Waals surface area (Å²) in [5.41, 5.74) is 9.67. The van der Waals surface area contributed by atoms with Crippen molar-refractivity contribution < 1.29 is 14.3 Å². The van der Waals surface area contributed by atoms with E-state index in [2.05, 4.69) is 5.32 Å². The number of nitrogens with two attached hydrogens (primary N) is 1. The van der Waals surface area contributed by atoms with Crippen LogP contribution in [0.15, 0.2) is 78.6 Å². The summed E-state index contributed by atoms with van der Waals surface area (Å²) >= 11 is 0. The largest absolute Gasteiger partial charge is 0.488 e. The highest BCUT2D eigenvalue weighted by Gasteiger charge is 2.21. The number of nitrogens with zero attached hydrogens (tertiary/aromatic N) is 3. The first kappa shape index (κ1) is 27.0. The Bertz CT molecular complexity index is 1460. The third-order valence-corrected chi connectivity index (χ3v) is 5.84. The zero-order chi connectivity index (χ0) is 25.7.